The summed E-state index contributed by atoms with van der Waals surface area (Å²) < 4.78 is 5.83. The Morgan fingerprint density at radius 3 is 2.18 bits per heavy atom. The third-order valence-electron chi connectivity index (χ3n) is 7.67. The fraction of sp³-hybridized carbons (Fsp3) is 0.286. The molecular weight excluding hydrogens is 428 g/mol. The van der Waals surface area contributed by atoms with Crippen molar-refractivity contribution in [2.75, 3.05) is 19.7 Å². The maximum absolute atomic E-state index is 13.1. The smallest absolute Gasteiger partial charge is 0.410 e. The van der Waals surface area contributed by atoms with Gasteiger partial charge < -0.3 is 14.7 Å². The van der Waals surface area contributed by atoms with Gasteiger partial charge in [-0.1, -0.05) is 78.9 Å². The van der Waals surface area contributed by atoms with Gasteiger partial charge in [0, 0.05) is 25.4 Å². The monoisotopic (exact) mass is 454 g/mol. The van der Waals surface area contributed by atoms with E-state index >= 15 is 0 Å². The van der Waals surface area contributed by atoms with Crippen LogP contribution in [0.1, 0.15) is 29.0 Å². The Labute approximate surface area is 198 Å². The van der Waals surface area contributed by atoms with Crippen LogP contribution in [0, 0.1) is 0 Å². The maximum Gasteiger partial charge on any atom is 0.410 e. The molecule has 3 aromatic rings. The fourth-order valence-electron chi connectivity index (χ4n) is 6.00. The van der Waals surface area contributed by atoms with E-state index in [1.807, 2.05) is 59.5 Å². The largest absolute Gasteiger partial charge is 0.480 e. The first-order chi connectivity index (χ1) is 16.6. The van der Waals surface area contributed by atoms with Gasteiger partial charge in [-0.15, -0.1) is 0 Å². The molecule has 0 saturated carbocycles. The Bertz CT molecular complexity index is 1210. The molecule has 1 amide bonds. The molecule has 3 aromatic carbocycles. The average Bonchev–Trinajstić information content (AvgIpc) is 3.52. The Kier molecular flexibility index (Phi) is 4.92. The summed E-state index contributed by atoms with van der Waals surface area (Å²) >= 11 is 0. The minimum atomic E-state index is -1.06. The quantitative estimate of drug-likeness (QED) is 0.621. The second-order valence-electron chi connectivity index (χ2n) is 9.49. The van der Waals surface area contributed by atoms with Crippen LogP contribution in [0.2, 0.25) is 0 Å². The molecule has 2 saturated heterocycles. The number of benzene rings is 3. The SMILES string of the molecule is O=C(OCC1c2ccccc2-c2ccccc21)N1CC2(C(=O)O)CC1CN2Cc1ccccc1. The van der Waals surface area contributed by atoms with Gasteiger partial charge in [0.15, 0.2) is 0 Å². The van der Waals surface area contributed by atoms with Gasteiger partial charge in [-0.2, -0.15) is 0 Å². The number of carbonyl (C=O) groups is 2. The van der Waals surface area contributed by atoms with Crippen molar-refractivity contribution in [3.8, 4) is 11.1 Å². The van der Waals surface area contributed by atoms with Gasteiger partial charge >= 0.3 is 12.1 Å². The van der Waals surface area contributed by atoms with Crippen molar-refractivity contribution in [3.05, 3.63) is 95.6 Å². The highest BCUT2D eigenvalue weighted by Crippen LogP contribution is 2.45. The third kappa shape index (κ3) is 3.21. The molecule has 34 heavy (non-hydrogen) atoms. The summed E-state index contributed by atoms with van der Waals surface area (Å²) in [6.07, 6.45) is 0.00802. The molecule has 2 aliphatic heterocycles. The highest BCUT2D eigenvalue weighted by Gasteiger charge is 2.61. The van der Waals surface area contributed by atoms with E-state index in [1.54, 1.807) is 4.90 Å². The van der Waals surface area contributed by atoms with Crippen molar-refractivity contribution < 1.29 is 19.4 Å². The zero-order chi connectivity index (χ0) is 23.3. The first-order valence-electron chi connectivity index (χ1n) is 11.7. The molecule has 3 aliphatic rings. The second kappa shape index (κ2) is 7.99. The Balaban J connectivity index is 1.17. The van der Waals surface area contributed by atoms with Gasteiger partial charge in [0.1, 0.15) is 12.1 Å². The number of nitrogens with zero attached hydrogens (tertiary/aromatic N) is 2. The van der Waals surface area contributed by atoms with Crippen molar-refractivity contribution in [1.29, 1.82) is 0 Å². The minimum Gasteiger partial charge on any atom is -0.480 e. The molecule has 1 aliphatic carbocycles. The molecule has 0 spiro atoms. The fourth-order valence-corrected chi connectivity index (χ4v) is 6.00. The lowest BCUT2D eigenvalue weighted by molar-refractivity contribution is -0.150. The molecule has 2 heterocycles. The van der Waals surface area contributed by atoms with E-state index in [4.69, 9.17) is 4.74 Å². The molecule has 2 unspecified atom stereocenters. The normalized spacial score (nSPS) is 23.1. The Hall–Kier alpha value is -3.64. The Morgan fingerprint density at radius 1 is 0.912 bits per heavy atom. The first-order valence-corrected chi connectivity index (χ1v) is 11.7. The summed E-state index contributed by atoms with van der Waals surface area (Å²) in [5.41, 5.74) is 4.70. The number of rotatable bonds is 5. The zero-order valence-electron chi connectivity index (χ0n) is 18.8. The highest BCUT2D eigenvalue weighted by molar-refractivity contribution is 5.83. The second-order valence-corrected chi connectivity index (χ2v) is 9.49. The lowest BCUT2D eigenvalue weighted by atomic mass is 9.98. The van der Waals surface area contributed by atoms with Crippen molar-refractivity contribution in [2.24, 2.45) is 0 Å². The van der Waals surface area contributed by atoms with Crippen LogP contribution in [0.15, 0.2) is 78.9 Å². The molecule has 1 N–H and O–H groups in total. The van der Waals surface area contributed by atoms with Gasteiger partial charge in [-0.3, -0.25) is 9.69 Å². The molecule has 6 rings (SSSR count). The van der Waals surface area contributed by atoms with Crippen molar-refractivity contribution in [3.63, 3.8) is 0 Å². The van der Waals surface area contributed by atoms with Gasteiger partial charge in [0.25, 0.3) is 0 Å². The van der Waals surface area contributed by atoms with Crippen LogP contribution in [0.4, 0.5) is 4.79 Å². The number of hydrogen-bond acceptors (Lipinski definition) is 4. The van der Waals surface area contributed by atoms with Gasteiger partial charge in [-0.25, -0.2) is 4.79 Å². The lowest BCUT2D eigenvalue weighted by Crippen LogP contribution is -2.58. The first kappa shape index (κ1) is 20.9. The van der Waals surface area contributed by atoms with E-state index in [0.717, 1.165) is 16.7 Å². The van der Waals surface area contributed by atoms with E-state index in [0.29, 0.717) is 19.5 Å². The molecule has 172 valence electrons. The van der Waals surface area contributed by atoms with Crippen LogP contribution in [0.5, 0.6) is 0 Å². The Morgan fingerprint density at radius 2 is 1.53 bits per heavy atom. The van der Waals surface area contributed by atoms with Crippen molar-refractivity contribution >= 4 is 12.1 Å². The van der Waals surface area contributed by atoms with Crippen LogP contribution in [0.25, 0.3) is 11.1 Å². The van der Waals surface area contributed by atoms with Gasteiger partial charge in [-0.05, 0) is 27.8 Å². The predicted molar refractivity (Wildman–Crippen MR) is 127 cm³/mol. The summed E-state index contributed by atoms with van der Waals surface area (Å²) in [7, 11) is 0. The van der Waals surface area contributed by atoms with E-state index < -0.39 is 17.6 Å². The molecule has 6 heteroatoms. The third-order valence-corrected chi connectivity index (χ3v) is 7.67. The number of carboxylic acid groups (broad SMARTS) is 1. The number of aliphatic carboxylic acids is 1. The molecule has 6 nitrogen and oxygen atoms in total. The topological polar surface area (TPSA) is 70.1 Å². The molecule has 2 atom stereocenters. The van der Waals surface area contributed by atoms with Gasteiger partial charge in [0.05, 0.1) is 12.6 Å². The number of fused-ring (bicyclic) bond motifs is 5. The van der Waals surface area contributed by atoms with Crippen LogP contribution in [-0.2, 0) is 16.1 Å². The van der Waals surface area contributed by atoms with E-state index in [2.05, 4.69) is 24.3 Å². The lowest BCUT2D eigenvalue weighted by Gasteiger charge is -2.39. The van der Waals surface area contributed by atoms with E-state index in [9.17, 15) is 14.7 Å². The molecule has 0 aromatic heterocycles. The molecule has 2 fully saturated rings. The van der Waals surface area contributed by atoms with Crippen LogP contribution in [-0.4, -0.2) is 58.2 Å². The van der Waals surface area contributed by atoms with Gasteiger partial charge in [0.2, 0.25) is 0 Å². The van der Waals surface area contributed by atoms with E-state index in [-0.39, 0.29) is 25.1 Å². The zero-order valence-corrected chi connectivity index (χ0v) is 18.8. The number of amides is 1. The standard InChI is InChI=1S/C28H26N2O4/c31-26(32)28-14-20(16-29(28)15-19-8-2-1-3-9-19)30(18-28)27(33)34-17-25-23-12-6-4-10-21(23)22-11-5-7-13-24(22)25/h1-13,20,25H,14-18H2,(H,31,32). The molecule has 2 bridgehead atoms. The van der Waals surface area contributed by atoms with Crippen LogP contribution in [0.3, 0.4) is 0 Å². The summed E-state index contributed by atoms with van der Waals surface area (Å²) in [5.74, 6) is -0.890. The maximum atomic E-state index is 13.1. The summed E-state index contributed by atoms with van der Waals surface area (Å²) in [6.45, 7) is 1.48. The number of piperazine rings is 1. The van der Waals surface area contributed by atoms with Crippen molar-refractivity contribution in [1.82, 2.24) is 9.80 Å². The average molecular weight is 455 g/mol. The number of likely N-dealkylation sites (tertiary alicyclic amines) is 2. The molecule has 0 radical (unpaired) electrons. The summed E-state index contributed by atoms with van der Waals surface area (Å²) in [4.78, 5) is 29.1. The predicted octanol–water partition coefficient (Wildman–Crippen LogP) is 4.35. The number of carboxylic acids is 1. The minimum absolute atomic E-state index is 0.0147. The number of ether oxygens (including phenoxy) is 1. The molecular formula is C28H26N2O4. The highest BCUT2D eigenvalue weighted by atomic mass is 16.6. The number of hydrogen-bond donors (Lipinski definition) is 1. The van der Waals surface area contributed by atoms with Crippen LogP contribution >= 0.6 is 0 Å². The van der Waals surface area contributed by atoms with Crippen molar-refractivity contribution in [2.45, 2.75) is 30.5 Å². The number of carbonyl (C=O) groups excluding carboxylic acids is 1. The summed E-state index contributed by atoms with van der Waals surface area (Å²) in [6, 6.07) is 26.2. The van der Waals surface area contributed by atoms with Crippen LogP contribution < -0.4 is 0 Å². The van der Waals surface area contributed by atoms with E-state index in [1.165, 1.54) is 11.1 Å². The summed E-state index contributed by atoms with van der Waals surface area (Å²) in [5, 5.41) is 10.1.